The second-order valence-electron chi connectivity index (χ2n) is 5.12. The van der Waals surface area contributed by atoms with Crippen molar-refractivity contribution in [3.05, 3.63) is 23.9 Å². The molecule has 0 saturated carbocycles. The first-order valence-electron chi connectivity index (χ1n) is 6.64. The molecule has 0 aliphatic carbocycles. The van der Waals surface area contributed by atoms with E-state index in [4.69, 9.17) is 9.84 Å². The van der Waals surface area contributed by atoms with Crippen molar-refractivity contribution in [3.8, 4) is 5.88 Å². The van der Waals surface area contributed by atoms with Gasteiger partial charge < -0.3 is 14.7 Å². The van der Waals surface area contributed by atoms with E-state index in [1.807, 2.05) is 13.8 Å². The molecule has 1 amide bonds. The van der Waals surface area contributed by atoms with Crippen molar-refractivity contribution in [3.63, 3.8) is 0 Å². The molecule has 1 N–H and O–H groups in total. The lowest BCUT2D eigenvalue weighted by Gasteiger charge is -2.16. The van der Waals surface area contributed by atoms with Gasteiger partial charge in [-0.25, -0.2) is 4.98 Å². The summed E-state index contributed by atoms with van der Waals surface area (Å²) >= 11 is 0. The van der Waals surface area contributed by atoms with E-state index >= 15 is 0 Å². The summed E-state index contributed by atoms with van der Waals surface area (Å²) in [5.41, 5.74) is 0.400. The number of hydrogen-bond acceptors (Lipinski definition) is 4. The standard InChI is InChI=1S/C14H20N2O3/c1-10(2)19-13-5-3-4-12(15-13)14(18)16-7-6-11(8-16)9-17/h3-5,10-11,17H,6-9H2,1-2H3. The first-order valence-corrected chi connectivity index (χ1v) is 6.64. The number of pyridine rings is 1. The Morgan fingerprint density at radius 3 is 3.00 bits per heavy atom. The van der Waals surface area contributed by atoms with Gasteiger partial charge in [-0.05, 0) is 26.3 Å². The van der Waals surface area contributed by atoms with Crippen molar-refractivity contribution in [2.45, 2.75) is 26.4 Å². The van der Waals surface area contributed by atoms with Crippen LogP contribution in [0, 0.1) is 5.92 Å². The van der Waals surface area contributed by atoms with Crippen LogP contribution in [0.4, 0.5) is 0 Å². The Kier molecular flexibility index (Phi) is 4.37. The van der Waals surface area contributed by atoms with E-state index in [1.54, 1.807) is 23.1 Å². The van der Waals surface area contributed by atoms with E-state index in [0.717, 1.165) is 6.42 Å². The van der Waals surface area contributed by atoms with Gasteiger partial charge in [-0.2, -0.15) is 0 Å². The van der Waals surface area contributed by atoms with Crippen LogP contribution in [0.5, 0.6) is 5.88 Å². The Labute approximate surface area is 113 Å². The van der Waals surface area contributed by atoms with Crippen molar-refractivity contribution >= 4 is 5.91 Å². The number of aromatic nitrogens is 1. The van der Waals surface area contributed by atoms with Crippen LogP contribution in [0.25, 0.3) is 0 Å². The monoisotopic (exact) mass is 264 g/mol. The summed E-state index contributed by atoms with van der Waals surface area (Å²) in [6.45, 7) is 5.26. The van der Waals surface area contributed by atoms with Crippen LogP contribution in [0.3, 0.4) is 0 Å². The zero-order valence-electron chi connectivity index (χ0n) is 11.4. The molecule has 2 heterocycles. The Hall–Kier alpha value is -1.62. The topological polar surface area (TPSA) is 62.7 Å². The zero-order chi connectivity index (χ0) is 13.8. The average Bonchev–Trinajstić information content (AvgIpc) is 2.86. The van der Waals surface area contributed by atoms with Crippen molar-refractivity contribution in [1.29, 1.82) is 0 Å². The molecule has 1 aromatic rings. The molecule has 0 radical (unpaired) electrons. The number of rotatable bonds is 4. The van der Waals surface area contributed by atoms with Gasteiger partial charge in [-0.15, -0.1) is 0 Å². The molecular formula is C14H20N2O3. The Morgan fingerprint density at radius 2 is 2.37 bits per heavy atom. The van der Waals surface area contributed by atoms with Crippen molar-refractivity contribution in [2.24, 2.45) is 5.92 Å². The summed E-state index contributed by atoms with van der Waals surface area (Å²) in [5, 5.41) is 9.11. The third-order valence-electron chi connectivity index (χ3n) is 3.13. The second-order valence-corrected chi connectivity index (χ2v) is 5.12. The van der Waals surface area contributed by atoms with Crippen molar-refractivity contribution < 1.29 is 14.6 Å². The lowest BCUT2D eigenvalue weighted by Crippen LogP contribution is -2.29. The molecular weight excluding hydrogens is 244 g/mol. The Balaban J connectivity index is 2.07. The van der Waals surface area contributed by atoms with Gasteiger partial charge in [0.25, 0.3) is 5.91 Å². The highest BCUT2D eigenvalue weighted by molar-refractivity contribution is 5.92. The predicted molar refractivity (Wildman–Crippen MR) is 71.1 cm³/mol. The number of carbonyl (C=O) groups is 1. The maximum absolute atomic E-state index is 12.3. The summed E-state index contributed by atoms with van der Waals surface area (Å²) in [5.74, 6) is 0.572. The molecule has 1 aliphatic rings. The van der Waals surface area contributed by atoms with Crippen molar-refractivity contribution in [2.75, 3.05) is 19.7 Å². The number of aliphatic hydroxyl groups excluding tert-OH is 1. The van der Waals surface area contributed by atoms with Gasteiger partial charge in [0.15, 0.2) is 0 Å². The number of ether oxygens (including phenoxy) is 1. The molecule has 1 unspecified atom stereocenters. The summed E-state index contributed by atoms with van der Waals surface area (Å²) in [4.78, 5) is 18.2. The smallest absolute Gasteiger partial charge is 0.272 e. The quantitative estimate of drug-likeness (QED) is 0.891. The maximum atomic E-state index is 12.3. The van der Waals surface area contributed by atoms with Crippen LogP contribution in [0.15, 0.2) is 18.2 Å². The SMILES string of the molecule is CC(C)Oc1cccc(C(=O)N2CCC(CO)C2)n1. The largest absolute Gasteiger partial charge is 0.475 e. The van der Waals surface area contributed by atoms with Crippen LogP contribution < -0.4 is 4.74 Å². The van der Waals surface area contributed by atoms with E-state index in [0.29, 0.717) is 24.7 Å². The molecule has 1 aromatic heterocycles. The molecule has 0 bridgehead atoms. The highest BCUT2D eigenvalue weighted by atomic mass is 16.5. The zero-order valence-corrected chi connectivity index (χ0v) is 11.4. The molecule has 1 fully saturated rings. The van der Waals surface area contributed by atoms with E-state index in [-0.39, 0.29) is 24.5 Å². The van der Waals surface area contributed by atoms with Gasteiger partial charge in [-0.3, -0.25) is 4.79 Å². The molecule has 5 heteroatoms. The third kappa shape index (κ3) is 3.44. The third-order valence-corrected chi connectivity index (χ3v) is 3.13. The summed E-state index contributed by atoms with van der Waals surface area (Å²) in [7, 11) is 0. The number of hydrogen-bond donors (Lipinski definition) is 1. The number of aliphatic hydroxyl groups is 1. The molecule has 0 aromatic carbocycles. The van der Waals surface area contributed by atoms with E-state index in [1.165, 1.54) is 0 Å². The molecule has 104 valence electrons. The fourth-order valence-corrected chi connectivity index (χ4v) is 2.17. The molecule has 0 spiro atoms. The van der Waals surface area contributed by atoms with Gasteiger partial charge in [0.2, 0.25) is 5.88 Å². The lowest BCUT2D eigenvalue weighted by molar-refractivity contribution is 0.0774. The van der Waals surface area contributed by atoms with Crippen LogP contribution >= 0.6 is 0 Å². The van der Waals surface area contributed by atoms with Gasteiger partial charge in [0.1, 0.15) is 5.69 Å². The van der Waals surface area contributed by atoms with E-state index in [2.05, 4.69) is 4.98 Å². The summed E-state index contributed by atoms with van der Waals surface area (Å²) in [6, 6.07) is 5.22. The minimum absolute atomic E-state index is 0.0309. The molecule has 5 nitrogen and oxygen atoms in total. The highest BCUT2D eigenvalue weighted by Crippen LogP contribution is 2.18. The van der Waals surface area contributed by atoms with Gasteiger partial charge in [0.05, 0.1) is 6.10 Å². The molecule has 1 saturated heterocycles. The minimum atomic E-state index is -0.0924. The normalized spacial score (nSPS) is 18.9. The minimum Gasteiger partial charge on any atom is -0.475 e. The summed E-state index contributed by atoms with van der Waals surface area (Å²) in [6.07, 6.45) is 0.883. The van der Waals surface area contributed by atoms with Gasteiger partial charge in [0, 0.05) is 31.7 Å². The lowest BCUT2D eigenvalue weighted by atomic mass is 10.1. The second kappa shape index (κ2) is 6.02. The first kappa shape index (κ1) is 13.8. The molecule has 1 atom stereocenters. The Bertz CT molecular complexity index is 448. The number of carbonyl (C=O) groups excluding carboxylic acids is 1. The fraction of sp³-hybridized carbons (Fsp3) is 0.571. The van der Waals surface area contributed by atoms with Crippen LogP contribution in [0.1, 0.15) is 30.8 Å². The average molecular weight is 264 g/mol. The van der Waals surface area contributed by atoms with Crippen molar-refractivity contribution in [1.82, 2.24) is 9.88 Å². The highest BCUT2D eigenvalue weighted by Gasteiger charge is 2.27. The number of amides is 1. The first-order chi connectivity index (χ1) is 9.10. The van der Waals surface area contributed by atoms with Crippen LogP contribution in [-0.2, 0) is 0 Å². The summed E-state index contributed by atoms with van der Waals surface area (Å²) < 4.78 is 5.49. The number of nitrogens with zero attached hydrogens (tertiary/aromatic N) is 2. The van der Waals surface area contributed by atoms with Gasteiger partial charge >= 0.3 is 0 Å². The van der Waals surface area contributed by atoms with Crippen LogP contribution in [-0.4, -0.2) is 46.7 Å². The molecule has 2 rings (SSSR count). The fourth-order valence-electron chi connectivity index (χ4n) is 2.17. The van der Waals surface area contributed by atoms with E-state index < -0.39 is 0 Å². The van der Waals surface area contributed by atoms with Crippen LogP contribution in [0.2, 0.25) is 0 Å². The number of likely N-dealkylation sites (tertiary alicyclic amines) is 1. The molecule has 1 aliphatic heterocycles. The van der Waals surface area contributed by atoms with E-state index in [9.17, 15) is 4.79 Å². The van der Waals surface area contributed by atoms with Gasteiger partial charge in [-0.1, -0.05) is 6.07 Å². The molecule has 19 heavy (non-hydrogen) atoms. The predicted octanol–water partition coefficient (Wildman–Crippen LogP) is 1.32. The Morgan fingerprint density at radius 1 is 1.58 bits per heavy atom. The maximum Gasteiger partial charge on any atom is 0.272 e.